The zero-order chi connectivity index (χ0) is 13.7. The fraction of sp³-hybridized carbons (Fsp3) is 0.562. The van der Waals surface area contributed by atoms with Crippen LogP contribution in [-0.2, 0) is 4.79 Å². The number of carbonyl (C=O) groups is 1. The highest BCUT2D eigenvalue weighted by Gasteiger charge is 2.29. The molecule has 0 aromatic heterocycles. The third kappa shape index (κ3) is 3.35. The van der Waals surface area contributed by atoms with Crippen LogP contribution in [0.4, 0.5) is 0 Å². The van der Waals surface area contributed by atoms with E-state index in [0.29, 0.717) is 6.04 Å². The Balaban J connectivity index is 2.08. The summed E-state index contributed by atoms with van der Waals surface area (Å²) in [6.07, 6.45) is 3.48. The van der Waals surface area contributed by atoms with E-state index in [0.717, 1.165) is 31.5 Å². The summed E-state index contributed by atoms with van der Waals surface area (Å²) in [4.78, 5) is 14.8. The first kappa shape index (κ1) is 14.1. The number of likely N-dealkylation sites (N-methyl/N-ethyl adjacent to an activating group) is 1. The molecule has 3 nitrogen and oxygen atoms in total. The maximum Gasteiger partial charge on any atom is 0.230 e. The van der Waals surface area contributed by atoms with Crippen molar-refractivity contribution in [3.8, 4) is 0 Å². The predicted molar refractivity (Wildman–Crippen MR) is 78.1 cm³/mol. The molecule has 104 valence electrons. The Hall–Kier alpha value is -1.35. The van der Waals surface area contributed by atoms with Crippen LogP contribution in [0.2, 0.25) is 0 Å². The highest BCUT2D eigenvalue weighted by Crippen LogP contribution is 2.23. The van der Waals surface area contributed by atoms with Crippen molar-refractivity contribution in [3.63, 3.8) is 0 Å². The first-order valence-corrected chi connectivity index (χ1v) is 7.24. The molecule has 0 radical (unpaired) electrons. The van der Waals surface area contributed by atoms with Gasteiger partial charge in [0.25, 0.3) is 0 Å². The standard InChI is InChI=1S/C16H24N2O/c1-13(14-8-4-3-5-9-14)16(19)18-11-7-6-10-15(18)12-17-2/h3-5,8-9,13,15,17H,6-7,10-12H2,1-2H3. The molecule has 3 heteroatoms. The first-order chi connectivity index (χ1) is 9.24. The van der Waals surface area contributed by atoms with Crippen molar-refractivity contribution in [2.24, 2.45) is 0 Å². The van der Waals surface area contributed by atoms with E-state index in [4.69, 9.17) is 0 Å². The Bertz CT molecular complexity index is 402. The molecule has 19 heavy (non-hydrogen) atoms. The number of hydrogen-bond acceptors (Lipinski definition) is 2. The van der Waals surface area contributed by atoms with Crippen molar-refractivity contribution >= 4 is 5.91 Å². The zero-order valence-electron chi connectivity index (χ0n) is 11.9. The Labute approximate surface area is 116 Å². The number of piperidine rings is 1. The summed E-state index contributed by atoms with van der Waals surface area (Å²) in [6.45, 7) is 3.82. The molecule has 1 amide bonds. The van der Waals surface area contributed by atoms with Crippen LogP contribution in [0.1, 0.15) is 37.7 Å². The number of nitrogens with one attached hydrogen (secondary N) is 1. The van der Waals surface area contributed by atoms with Gasteiger partial charge in [0, 0.05) is 19.1 Å². The molecule has 1 heterocycles. The minimum absolute atomic E-state index is 0.0429. The van der Waals surface area contributed by atoms with Crippen LogP contribution in [0, 0.1) is 0 Å². The maximum atomic E-state index is 12.7. The van der Waals surface area contributed by atoms with Gasteiger partial charge >= 0.3 is 0 Å². The normalized spacial score (nSPS) is 21.2. The summed E-state index contributed by atoms with van der Waals surface area (Å²) >= 11 is 0. The van der Waals surface area contributed by atoms with Crippen molar-refractivity contribution < 1.29 is 4.79 Å². The van der Waals surface area contributed by atoms with Gasteiger partial charge in [-0.2, -0.15) is 0 Å². The van der Waals surface area contributed by atoms with Gasteiger partial charge in [-0.3, -0.25) is 4.79 Å². The Morgan fingerprint density at radius 1 is 1.37 bits per heavy atom. The number of nitrogens with zero attached hydrogens (tertiary/aromatic N) is 1. The quantitative estimate of drug-likeness (QED) is 0.901. The Morgan fingerprint density at radius 2 is 2.11 bits per heavy atom. The summed E-state index contributed by atoms with van der Waals surface area (Å²) in [5.74, 6) is 0.227. The predicted octanol–water partition coefficient (Wildman–Crippen LogP) is 2.39. The Kier molecular flexibility index (Phi) is 4.97. The average molecular weight is 260 g/mol. The van der Waals surface area contributed by atoms with Crippen LogP contribution in [0.5, 0.6) is 0 Å². The van der Waals surface area contributed by atoms with Gasteiger partial charge in [-0.15, -0.1) is 0 Å². The van der Waals surface area contributed by atoms with Gasteiger partial charge < -0.3 is 10.2 Å². The summed E-state index contributed by atoms with van der Waals surface area (Å²) < 4.78 is 0. The van der Waals surface area contributed by atoms with Crippen molar-refractivity contribution in [2.75, 3.05) is 20.1 Å². The van der Waals surface area contributed by atoms with E-state index in [-0.39, 0.29) is 11.8 Å². The molecule has 1 aromatic rings. The minimum atomic E-state index is -0.0429. The molecule has 1 saturated heterocycles. The van der Waals surface area contributed by atoms with E-state index < -0.39 is 0 Å². The summed E-state index contributed by atoms with van der Waals surface area (Å²) in [5.41, 5.74) is 1.11. The smallest absolute Gasteiger partial charge is 0.230 e. The Morgan fingerprint density at radius 3 is 2.79 bits per heavy atom. The lowest BCUT2D eigenvalue weighted by molar-refractivity contribution is -0.136. The molecule has 0 bridgehead atoms. The second-order valence-electron chi connectivity index (χ2n) is 5.37. The fourth-order valence-corrected chi connectivity index (χ4v) is 2.87. The minimum Gasteiger partial charge on any atom is -0.338 e. The topological polar surface area (TPSA) is 32.3 Å². The largest absolute Gasteiger partial charge is 0.338 e. The molecule has 1 aliphatic rings. The number of benzene rings is 1. The molecule has 0 aliphatic carbocycles. The SMILES string of the molecule is CNCC1CCCCN1C(=O)C(C)c1ccccc1. The van der Waals surface area contributed by atoms with E-state index in [1.54, 1.807) is 0 Å². The third-order valence-electron chi connectivity index (χ3n) is 4.02. The van der Waals surface area contributed by atoms with Crippen molar-refractivity contribution in [1.82, 2.24) is 10.2 Å². The van der Waals surface area contributed by atoms with Crippen molar-refractivity contribution in [3.05, 3.63) is 35.9 Å². The molecule has 1 fully saturated rings. The van der Waals surface area contributed by atoms with Crippen LogP contribution in [0.15, 0.2) is 30.3 Å². The maximum absolute atomic E-state index is 12.7. The molecular formula is C16H24N2O. The third-order valence-corrected chi connectivity index (χ3v) is 4.02. The molecule has 0 spiro atoms. The van der Waals surface area contributed by atoms with Gasteiger partial charge in [0.15, 0.2) is 0 Å². The fourth-order valence-electron chi connectivity index (χ4n) is 2.87. The number of carbonyl (C=O) groups excluding carboxylic acids is 1. The lowest BCUT2D eigenvalue weighted by Crippen LogP contribution is -2.49. The van der Waals surface area contributed by atoms with E-state index in [2.05, 4.69) is 10.2 Å². The second kappa shape index (κ2) is 6.71. The molecular weight excluding hydrogens is 236 g/mol. The van der Waals surface area contributed by atoms with Crippen molar-refractivity contribution in [2.45, 2.75) is 38.1 Å². The number of likely N-dealkylation sites (tertiary alicyclic amines) is 1. The van der Waals surface area contributed by atoms with E-state index >= 15 is 0 Å². The molecule has 2 rings (SSSR count). The van der Waals surface area contributed by atoms with Gasteiger partial charge in [-0.05, 0) is 38.8 Å². The zero-order valence-corrected chi connectivity index (χ0v) is 11.9. The highest BCUT2D eigenvalue weighted by atomic mass is 16.2. The van der Waals surface area contributed by atoms with Crippen LogP contribution in [-0.4, -0.2) is 37.0 Å². The first-order valence-electron chi connectivity index (χ1n) is 7.24. The van der Waals surface area contributed by atoms with Crippen LogP contribution in [0.25, 0.3) is 0 Å². The van der Waals surface area contributed by atoms with Gasteiger partial charge in [0.05, 0.1) is 5.92 Å². The van der Waals surface area contributed by atoms with Crippen LogP contribution >= 0.6 is 0 Å². The lowest BCUT2D eigenvalue weighted by Gasteiger charge is -2.37. The monoisotopic (exact) mass is 260 g/mol. The molecule has 1 aromatic carbocycles. The molecule has 2 unspecified atom stereocenters. The number of hydrogen-bond donors (Lipinski definition) is 1. The average Bonchev–Trinajstić information content (AvgIpc) is 2.47. The molecule has 1 aliphatic heterocycles. The van der Waals surface area contributed by atoms with Gasteiger partial charge in [-0.1, -0.05) is 30.3 Å². The van der Waals surface area contributed by atoms with E-state index in [9.17, 15) is 4.79 Å². The molecule has 2 atom stereocenters. The highest BCUT2D eigenvalue weighted by molar-refractivity contribution is 5.83. The van der Waals surface area contributed by atoms with Crippen LogP contribution in [0.3, 0.4) is 0 Å². The van der Waals surface area contributed by atoms with Gasteiger partial charge in [0.1, 0.15) is 0 Å². The van der Waals surface area contributed by atoms with E-state index in [1.165, 1.54) is 6.42 Å². The van der Waals surface area contributed by atoms with Gasteiger partial charge in [-0.25, -0.2) is 0 Å². The summed E-state index contributed by atoms with van der Waals surface area (Å²) in [6, 6.07) is 10.4. The van der Waals surface area contributed by atoms with Crippen molar-refractivity contribution in [1.29, 1.82) is 0 Å². The molecule has 1 N–H and O–H groups in total. The van der Waals surface area contributed by atoms with Crippen LogP contribution < -0.4 is 5.32 Å². The lowest BCUT2D eigenvalue weighted by atomic mass is 9.95. The van der Waals surface area contributed by atoms with Gasteiger partial charge in [0.2, 0.25) is 5.91 Å². The second-order valence-corrected chi connectivity index (χ2v) is 5.37. The summed E-state index contributed by atoms with van der Waals surface area (Å²) in [7, 11) is 1.96. The molecule has 0 saturated carbocycles. The summed E-state index contributed by atoms with van der Waals surface area (Å²) in [5, 5.41) is 3.21. The number of rotatable bonds is 4. The number of amides is 1. The van der Waals surface area contributed by atoms with E-state index in [1.807, 2.05) is 44.3 Å².